The molecule has 21 heavy (non-hydrogen) atoms. The van der Waals surface area contributed by atoms with Gasteiger partial charge in [0.2, 0.25) is 0 Å². The van der Waals surface area contributed by atoms with Crippen LogP contribution in [-0.4, -0.2) is 25.8 Å². The molecule has 0 aliphatic carbocycles. The highest BCUT2D eigenvalue weighted by Gasteiger charge is 2.26. The summed E-state index contributed by atoms with van der Waals surface area (Å²) in [5, 5.41) is 14.8. The van der Waals surface area contributed by atoms with Crippen molar-refractivity contribution in [3.63, 3.8) is 0 Å². The smallest absolute Gasteiger partial charge is 0.345 e. The topological polar surface area (TPSA) is 68.0 Å². The zero-order chi connectivity index (χ0) is 15.2. The van der Waals surface area contributed by atoms with Gasteiger partial charge in [-0.15, -0.1) is 11.3 Å². The van der Waals surface area contributed by atoms with Gasteiger partial charge >= 0.3 is 5.97 Å². The molecule has 0 aliphatic rings. The van der Waals surface area contributed by atoms with E-state index in [0.717, 1.165) is 15.9 Å². The fraction of sp³-hybridized carbons (Fsp3) is 0.267. The van der Waals surface area contributed by atoms with E-state index >= 15 is 0 Å². The Morgan fingerprint density at radius 2 is 2.10 bits per heavy atom. The molecule has 0 radical (unpaired) electrons. The molecule has 0 spiro atoms. The van der Waals surface area contributed by atoms with Crippen LogP contribution in [-0.2, 0) is 5.41 Å². The summed E-state index contributed by atoms with van der Waals surface area (Å²) in [7, 11) is 0. The predicted octanol–water partition coefficient (Wildman–Crippen LogP) is 3.48. The largest absolute Gasteiger partial charge is 0.477 e. The van der Waals surface area contributed by atoms with Gasteiger partial charge in [0, 0.05) is 17.0 Å². The summed E-state index contributed by atoms with van der Waals surface area (Å²) in [4.78, 5) is 16.7. The molecule has 108 valence electrons. The summed E-state index contributed by atoms with van der Waals surface area (Å²) in [6.07, 6.45) is 1.70. The first-order valence-corrected chi connectivity index (χ1v) is 7.37. The van der Waals surface area contributed by atoms with Gasteiger partial charge in [-0.3, -0.25) is 0 Å². The van der Waals surface area contributed by atoms with Gasteiger partial charge < -0.3 is 5.11 Å². The SMILES string of the molecule is CC(C)(C)c1nn(-c2ccccn2)c2sc(C(=O)O)cc12. The van der Waals surface area contributed by atoms with Gasteiger partial charge in [0.05, 0.1) is 5.69 Å². The monoisotopic (exact) mass is 301 g/mol. The number of hydrogen-bond acceptors (Lipinski definition) is 4. The van der Waals surface area contributed by atoms with Crippen molar-refractivity contribution in [1.82, 2.24) is 14.8 Å². The minimum atomic E-state index is -0.913. The van der Waals surface area contributed by atoms with Crippen LogP contribution in [0, 0.1) is 0 Å². The van der Waals surface area contributed by atoms with Crippen LogP contribution in [0.25, 0.3) is 16.0 Å². The van der Waals surface area contributed by atoms with Gasteiger partial charge in [-0.25, -0.2) is 14.5 Å². The zero-order valence-electron chi connectivity index (χ0n) is 12.0. The quantitative estimate of drug-likeness (QED) is 0.787. The van der Waals surface area contributed by atoms with E-state index in [1.165, 1.54) is 11.3 Å². The number of thiophene rings is 1. The van der Waals surface area contributed by atoms with Gasteiger partial charge in [0.25, 0.3) is 0 Å². The van der Waals surface area contributed by atoms with Crippen LogP contribution >= 0.6 is 11.3 Å². The molecule has 0 aromatic carbocycles. The Morgan fingerprint density at radius 1 is 1.33 bits per heavy atom. The van der Waals surface area contributed by atoms with Crippen LogP contribution in [0.2, 0.25) is 0 Å². The van der Waals surface area contributed by atoms with E-state index in [-0.39, 0.29) is 5.41 Å². The molecule has 0 amide bonds. The van der Waals surface area contributed by atoms with E-state index in [1.807, 2.05) is 18.2 Å². The Hall–Kier alpha value is -2.21. The first kappa shape index (κ1) is 13.8. The molecule has 6 heteroatoms. The summed E-state index contributed by atoms with van der Waals surface area (Å²) >= 11 is 1.22. The molecule has 3 rings (SSSR count). The molecule has 0 aliphatic heterocycles. The highest BCUT2D eigenvalue weighted by molar-refractivity contribution is 7.20. The summed E-state index contributed by atoms with van der Waals surface area (Å²) in [6.45, 7) is 6.20. The first-order chi connectivity index (χ1) is 9.88. The predicted molar refractivity (Wildman–Crippen MR) is 82.4 cm³/mol. The lowest BCUT2D eigenvalue weighted by Gasteiger charge is -2.15. The number of nitrogens with zero attached hydrogens (tertiary/aromatic N) is 3. The third-order valence-corrected chi connectivity index (χ3v) is 4.25. The molecule has 1 N–H and O–H groups in total. The van der Waals surface area contributed by atoms with Crippen molar-refractivity contribution >= 4 is 27.5 Å². The minimum Gasteiger partial charge on any atom is -0.477 e. The van der Waals surface area contributed by atoms with Crippen LogP contribution in [0.1, 0.15) is 36.1 Å². The maximum Gasteiger partial charge on any atom is 0.345 e. The number of carboxylic acid groups (broad SMARTS) is 1. The van der Waals surface area contributed by atoms with Crippen LogP contribution in [0.5, 0.6) is 0 Å². The number of carboxylic acids is 1. The second-order valence-corrected chi connectivity index (χ2v) is 6.86. The third kappa shape index (κ3) is 2.31. The first-order valence-electron chi connectivity index (χ1n) is 6.55. The Balaban J connectivity index is 2.32. The fourth-order valence-electron chi connectivity index (χ4n) is 2.20. The average Bonchev–Trinajstić information content (AvgIpc) is 2.96. The van der Waals surface area contributed by atoms with E-state index in [2.05, 4.69) is 30.9 Å². The molecular weight excluding hydrogens is 286 g/mol. The number of aromatic carboxylic acids is 1. The normalized spacial score (nSPS) is 12.0. The van der Waals surface area contributed by atoms with E-state index in [4.69, 9.17) is 0 Å². The molecule has 0 bridgehead atoms. The second kappa shape index (κ2) is 4.66. The molecule has 3 aromatic rings. The minimum absolute atomic E-state index is 0.172. The van der Waals surface area contributed by atoms with Crippen molar-refractivity contribution in [2.75, 3.05) is 0 Å². The summed E-state index contributed by atoms with van der Waals surface area (Å²) < 4.78 is 1.73. The Morgan fingerprint density at radius 3 is 2.67 bits per heavy atom. The van der Waals surface area contributed by atoms with Crippen molar-refractivity contribution in [3.05, 3.63) is 41.0 Å². The second-order valence-electron chi connectivity index (χ2n) is 5.83. The molecule has 0 unspecified atom stereocenters. The Kier molecular flexibility index (Phi) is 3.06. The highest BCUT2D eigenvalue weighted by Crippen LogP contribution is 2.35. The van der Waals surface area contributed by atoms with Gasteiger partial charge in [0.1, 0.15) is 9.71 Å². The van der Waals surface area contributed by atoms with Crippen molar-refractivity contribution in [2.24, 2.45) is 0 Å². The van der Waals surface area contributed by atoms with Crippen molar-refractivity contribution < 1.29 is 9.90 Å². The van der Waals surface area contributed by atoms with Crippen molar-refractivity contribution in [2.45, 2.75) is 26.2 Å². The molecule has 0 saturated carbocycles. The number of pyridine rings is 1. The molecule has 0 atom stereocenters. The van der Waals surface area contributed by atoms with E-state index in [9.17, 15) is 9.90 Å². The standard InChI is InChI=1S/C15H15N3O2S/c1-15(2,3)12-9-8-10(14(19)20)21-13(9)18(17-12)11-6-4-5-7-16-11/h4-8H,1-3H3,(H,19,20). The maximum absolute atomic E-state index is 11.2. The Labute approximate surface area is 125 Å². The van der Waals surface area contributed by atoms with Crippen LogP contribution in [0.4, 0.5) is 0 Å². The molecular formula is C15H15N3O2S. The molecule has 3 aromatic heterocycles. The van der Waals surface area contributed by atoms with E-state index in [1.54, 1.807) is 16.9 Å². The molecule has 3 heterocycles. The van der Waals surface area contributed by atoms with Gasteiger partial charge in [-0.05, 0) is 18.2 Å². The molecule has 0 fully saturated rings. The average molecular weight is 301 g/mol. The maximum atomic E-state index is 11.2. The van der Waals surface area contributed by atoms with Crippen LogP contribution in [0.15, 0.2) is 30.5 Å². The summed E-state index contributed by atoms with van der Waals surface area (Å²) in [5.41, 5.74) is 0.710. The lowest BCUT2D eigenvalue weighted by molar-refractivity contribution is 0.0702. The van der Waals surface area contributed by atoms with Crippen molar-refractivity contribution in [1.29, 1.82) is 0 Å². The lowest BCUT2D eigenvalue weighted by Crippen LogP contribution is -2.13. The van der Waals surface area contributed by atoms with Gasteiger partial charge in [-0.1, -0.05) is 26.8 Å². The number of fused-ring (bicyclic) bond motifs is 1. The summed E-state index contributed by atoms with van der Waals surface area (Å²) in [6, 6.07) is 7.29. The molecule has 0 saturated heterocycles. The van der Waals surface area contributed by atoms with E-state index in [0.29, 0.717) is 10.7 Å². The summed E-state index contributed by atoms with van der Waals surface area (Å²) in [5.74, 6) is -0.222. The number of rotatable bonds is 2. The number of carbonyl (C=O) groups is 1. The van der Waals surface area contributed by atoms with Gasteiger partial charge in [0.15, 0.2) is 5.82 Å². The molecule has 5 nitrogen and oxygen atoms in total. The highest BCUT2D eigenvalue weighted by atomic mass is 32.1. The van der Waals surface area contributed by atoms with Gasteiger partial charge in [-0.2, -0.15) is 5.10 Å². The lowest BCUT2D eigenvalue weighted by atomic mass is 9.91. The number of hydrogen-bond donors (Lipinski definition) is 1. The van der Waals surface area contributed by atoms with E-state index < -0.39 is 5.97 Å². The Bertz CT molecular complexity index is 813. The van der Waals surface area contributed by atoms with Crippen LogP contribution < -0.4 is 0 Å². The fourth-order valence-corrected chi connectivity index (χ4v) is 3.16. The van der Waals surface area contributed by atoms with Crippen molar-refractivity contribution in [3.8, 4) is 5.82 Å². The van der Waals surface area contributed by atoms with Crippen LogP contribution in [0.3, 0.4) is 0 Å². The number of aromatic nitrogens is 3. The third-order valence-electron chi connectivity index (χ3n) is 3.15. The zero-order valence-corrected chi connectivity index (χ0v) is 12.8.